The van der Waals surface area contributed by atoms with Crippen LogP contribution in [0.2, 0.25) is 0 Å². The van der Waals surface area contributed by atoms with Crippen molar-refractivity contribution in [2.45, 2.75) is 13.8 Å². The van der Waals surface area contributed by atoms with Gasteiger partial charge in [0.1, 0.15) is 36.2 Å². The third kappa shape index (κ3) is 5.23. The van der Waals surface area contributed by atoms with Gasteiger partial charge in [-0.25, -0.2) is 0 Å². The van der Waals surface area contributed by atoms with Crippen LogP contribution in [0.25, 0.3) is 22.3 Å². The average Bonchev–Trinajstić information content (AvgIpc) is 2.76. The summed E-state index contributed by atoms with van der Waals surface area (Å²) in [6.07, 6.45) is 7.76. The molecular formula is C26H26O4. The van der Waals surface area contributed by atoms with Crippen LogP contribution >= 0.6 is 0 Å². The van der Waals surface area contributed by atoms with Gasteiger partial charge < -0.3 is 19.7 Å². The lowest BCUT2D eigenvalue weighted by molar-refractivity contribution is 0.355. The van der Waals surface area contributed by atoms with Gasteiger partial charge >= 0.3 is 0 Å². The Morgan fingerprint density at radius 3 is 1.33 bits per heavy atom. The number of hydrogen-bond donors (Lipinski definition) is 2. The highest BCUT2D eigenvalue weighted by Gasteiger charge is 2.15. The van der Waals surface area contributed by atoms with E-state index < -0.39 is 0 Å². The molecule has 0 bridgehead atoms. The topological polar surface area (TPSA) is 58.9 Å². The summed E-state index contributed by atoms with van der Waals surface area (Å²) in [5.41, 5.74) is 3.57. The molecule has 0 saturated carbocycles. The van der Waals surface area contributed by atoms with Crippen molar-refractivity contribution < 1.29 is 19.7 Å². The lowest BCUT2D eigenvalue weighted by Gasteiger charge is -2.17. The van der Waals surface area contributed by atoms with E-state index in [2.05, 4.69) is 0 Å². The SMILES string of the molecule is C/C=C/COc1cc(-c2ccc(O)cc2)c(OC/C=C/C)cc1-c1ccc(O)cc1. The molecule has 0 heterocycles. The lowest BCUT2D eigenvalue weighted by atomic mass is 9.97. The third-order valence-corrected chi connectivity index (χ3v) is 4.58. The second kappa shape index (κ2) is 10.2. The number of hydrogen-bond acceptors (Lipinski definition) is 4. The maximum absolute atomic E-state index is 9.67. The average molecular weight is 402 g/mol. The van der Waals surface area contributed by atoms with Crippen molar-refractivity contribution in [3.8, 4) is 45.3 Å². The van der Waals surface area contributed by atoms with Gasteiger partial charge in [0.15, 0.2) is 0 Å². The maximum atomic E-state index is 9.67. The van der Waals surface area contributed by atoms with E-state index >= 15 is 0 Å². The molecule has 0 radical (unpaired) electrons. The minimum absolute atomic E-state index is 0.209. The minimum Gasteiger partial charge on any atom is -0.508 e. The van der Waals surface area contributed by atoms with Crippen LogP contribution in [0.5, 0.6) is 23.0 Å². The monoisotopic (exact) mass is 402 g/mol. The van der Waals surface area contributed by atoms with Crippen LogP contribution in [0, 0.1) is 0 Å². The number of benzene rings is 3. The molecule has 0 fully saturated rings. The van der Waals surface area contributed by atoms with E-state index in [1.54, 1.807) is 24.3 Å². The van der Waals surface area contributed by atoms with Gasteiger partial charge in [-0.3, -0.25) is 0 Å². The molecule has 154 valence electrons. The van der Waals surface area contributed by atoms with Gasteiger partial charge in [0, 0.05) is 11.1 Å². The highest BCUT2D eigenvalue weighted by molar-refractivity contribution is 5.81. The number of allylic oxidation sites excluding steroid dienone is 2. The van der Waals surface area contributed by atoms with Gasteiger partial charge in [-0.2, -0.15) is 0 Å². The van der Waals surface area contributed by atoms with E-state index in [4.69, 9.17) is 9.47 Å². The van der Waals surface area contributed by atoms with Gasteiger partial charge in [0.05, 0.1) is 0 Å². The van der Waals surface area contributed by atoms with E-state index in [9.17, 15) is 10.2 Å². The van der Waals surface area contributed by atoms with Crippen molar-refractivity contribution >= 4 is 0 Å². The number of phenols is 2. The van der Waals surface area contributed by atoms with Gasteiger partial charge in [-0.15, -0.1) is 0 Å². The Balaban J connectivity index is 2.14. The molecule has 0 amide bonds. The molecule has 3 rings (SSSR count). The van der Waals surface area contributed by atoms with Crippen LogP contribution in [-0.4, -0.2) is 23.4 Å². The molecule has 0 saturated heterocycles. The summed E-state index contributed by atoms with van der Waals surface area (Å²) in [6.45, 7) is 4.78. The number of ether oxygens (including phenoxy) is 2. The molecule has 0 aliphatic rings. The summed E-state index contributed by atoms with van der Waals surface area (Å²) in [5.74, 6) is 1.83. The highest BCUT2D eigenvalue weighted by atomic mass is 16.5. The first-order chi connectivity index (χ1) is 14.6. The summed E-state index contributed by atoms with van der Waals surface area (Å²) in [5, 5.41) is 19.3. The van der Waals surface area contributed by atoms with E-state index in [0.717, 1.165) is 22.3 Å². The minimum atomic E-state index is 0.209. The number of aromatic hydroxyl groups is 2. The third-order valence-electron chi connectivity index (χ3n) is 4.58. The van der Waals surface area contributed by atoms with Gasteiger partial charge in [-0.1, -0.05) is 48.6 Å². The molecule has 0 aromatic heterocycles. The molecule has 2 N–H and O–H groups in total. The Morgan fingerprint density at radius 1 is 0.633 bits per heavy atom. The largest absolute Gasteiger partial charge is 0.508 e. The van der Waals surface area contributed by atoms with Crippen LogP contribution in [0.1, 0.15) is 13.8 Å². The first-order valence-corrected chi connectivity index (χ1v) is 9.87. The summed E-state index contributed by atoms with van der Waals surface area (Å²) < 4.78 is 12.1. The Bertz CT molecular complexity index is 931. The molecule has 3 aromatic carbocycles. The first-order valence-electron chi connectivity index (χ1n) is 9.87. The lowest BCUT2D eigenvalue weighted by Crippen LogP contribution is -2.00. The van der Waals surface area contributed by atoms with Crippen molar-refractivity contribution in [2.75, 3.05) is 13.2 Å². The van der Waals surface area contributed by atoms with Crippen molar-refractivity contribution in [2.24, 2.45) is 0 Å². The van der Waals surface area contributed by atoms with Gasteiger partial charge in [0.25, 0.3) is 0 Å². The molecule has 30 heavy (non-hydrogen) atoms. The van der Waals surface area contributed by atoms with Gasteiger partial charge in [-0.05, 0) is 61.4 Å². The molecule has 0 aliphatic heterocycles. The molecule has 4 nitrogen and oxygen atoms in total. The summed E-state index contributed by atoms with van der Waals surface area (Å²) in [6, 6.07) is 17.9. The van der Waals surface area contributed by atoms with E-state index in [0.29, 0.717) is 24.7 Å². The van der Waals surface area contributed by atoms with E-state index in [-0.39, 0.29) is 11.5 Å². The van der Waals surface area contributed by atoms with Crippen LogP contribution in [0.4, 0.5) is 0 Å². The molecule has 0 aliphatic carbocycles. The second-order valence-electron chi connectivity index (χ2n) is 6.70. The van der Waals surface area contributed by atoms with Crippen LogP contribution in [-0.2, 0) is 0 Å². The van der Waals surface area contributed by atoms with Crippen molar-refractivity contribution in [1.29, 1.82) is 0 Å². The quantitative estimate of drug-likeness (QED) is 0.432. The summed E-state index contributed by atoms with van der Waals surface area (Å²) in [7, 11) is 0. The van der Waals surface area contributed by atoms with Crippen molar-refractivity contribution in [3.63, 3.8) is 0 Å². The van der Waals surface area contributed by atoms with Crippen LogP contribution in [0.15, 0.2) is 85.0 Å². The van der Waals surface area contributed by atoms with Crippen LogP contribution in [0.3, 0.4) is 0 Å². The molecule has 0 atom stereocenters. The smallest absolute Gasteiger partial charge is 0.128 e. The van der Waals surface area contributed by atoms with Crippen molar-refractivity contribution in [3.05, 3.63) is 85.0 Å². The molecular weight excluding hydrogens is 376 g/mol. The Morgan fingerprint density at radius 2 is 1.00 bits per heavy atom. The predicted octanol–water partition coefficient (Wildman–Crippen LogP) is 6.34. The molecule has 4 heteroatoms. The zero-order chi connectivity index (χ0) is 21.3. The number of rotatable bonds is 8. The zero-order valence-electron chi connectivity index (χ0n) is 17.2. The Labute approximate surface area is 177 Å². The standard InChI is InChI=1S/C26H26O4/c1-3-5-15-29-25-17-24(20-9-13-22(28)14-10-20)26(30-16-6-4-2)18-23(25)19-7-11-21(27)12-8-19/h3-14,17-18,27-28H,15-16H2,1-2H3/b5-3+,6-4+. The fourth-order valence-electron chi connectivity index (χ4n) is 3.00. The maximum Gasteiger partial charge on any atom is 0.128 e. The summed E-state index contributed by atoms with van der Waals surface area (Å²) >= 11 is 0. The van der Waals surface area contributed by atoms with Crippen molar-refractivity contribution in [1.82, 2.24) is 0 Å². The predicted molar refractivity (Wildman–Crippen MR) is 121 cm³/mol. The normalized spacial score (nSPS) is 11.3. The molecule has 0 spiro atoms. The van der Waals surface area contributed by atoms with Gasteiger partial charge in [0.2, 0.25) is 0 Å². The number of phenolic OH excluding ortho intramolecular Hbond substituents is 2. The van der Waals surface area contributed by atoms with Crippen LogP contribution < -0.4 is 9.47 Å². The first kappa shape index (κ1) is 21.1. The van der Waals surface area contributed by atoms with E-state index in [1.807, 2.05) is 74.5 Å². The zero-order valence-corrected chi connectivity index (χ0v) is 17.2. The summed E-state index contributed by atoms with van der Waals surface area (Å²) in [4.78, 5) is 0. The molecule has 0 unspecified atom stereocenters. The van der Waals surface area contributed by atoms with E-state index in [1.165, 1.54) is 0 Å². The highest BCUT2D eigenvalue weighted by Crippen LogP contribution is 2.41. The Kier molecular flexibility index (Phi) is 7.17. The fraction of sp³-hybridized carbons (Fsp3) is 0.154. The Hall–Kier alpha value is -3.66. The fourth-order valence-corrected chi connectivity index (χ4v) is 3.00. The second-order valence-corrected chi connectivity index (χ2v) is 6.70. The molecule has 3 aromatic rings.